The highest BCUT2D eigenvalue weighted by Gasteiger charge is 2.05. The van der Waals surface area contributed by atoms with Crippen LogP contribution in [0.15, 0.2) is 28.6 Å². The van der Waals surface area contributed by atoms with Crippen molar-refractivity contribution in [2.45, 2.75) is 4.34 Å². The summed E-state index contributed by atoms with van der Waals surface area (Å²) >= 11 is 3.23. The van der Waals surface area contributed by atoms with E-state index in [1.54, 1.807) is 23.1 Å². The number of thiazole rings is 1. The van der Waals surface area contributed by atoms with E-state index in [1.807, 2.05) is 24.3 Å². The van der Waals surface area contributed by atoms with Gasteiger partial charge in [0.15, 0.2) is 4.34 Å². The third-order valence-corrected chi connectivity index (χ3v) is 4.35. The van der Waals surface area contributed by atoms with Crippen LogP contribution in [-0.4, -0.2) is 40.6 Å². The number of hydrogen-bond acceptors (Lipinski definition) is 5. The molecule has 7 heteroatoms. The van der Waals surface area contributed by atoms with E-state index in [0.717, 1.165) is 15.6 Å². The maximum Gasteiger partial charge on any atom is 0.340 e. The van der Waals surface area contributed by atoms with Crippen LogP contribution >= 0.6 is 23.1 Å². The van der Waals surface area contributed by atoms with Crippen LogP contribution in [0.3, 0.4) is 0 Å². The molecular formula is C11H13N3O2S2. The number of thioether (sulfide) groups is 1. The van der Waals surface area contributed by atoms with Gasteiger partial charge < -0.3 is 5.32 Å². The van der Waals surface area contributed by atoms with E-state index < -0.39 is 6.03 Å². The largest absolute Gasteiger partial charge is 0.340 e. The Morgan fingerprint density at radius 2 is 2.33 bits per heavy atom. The lowest BCUT2D eigenvalue weighted by atomic mass is 10.3. The van der Waals surface area contributed by atoms with Crippen molar-refractivity contribution in [2.75, 3.05) is 19.3 Å². The van der Waals surface area contributed by atoms with E-state index in [2.05, 4.69) is 10.3 Å². The molecule has 0 unspecified atom stereocenters. The number of fused-ring (bicyclic) bond motifs is 1. The Morgan fingerprint density at radius 1 is 1.56 bits per heavy atom. The molecule has 0 spiro atoms. The molecule has 0 aliphatic carbocycles. The molecule has 0 saturated carbocycles. The molecule has 0 aliphatic heterocycles. The van der Waals surface area contributed by atoms with Crippen molar-refractivity contribution >= 4 is 39.3 Å². The van der Waals surface area contributed by atoms with E-state index in [4.69, 9.17) is 5.21 Å². The highest BCUT2D eigenvalue weighted by molar-refractivity contribution is 8.01. The lowest BCUT2D eigenvalue weighted by molar-refractivity contribution is -0.0180. The third-order valence-electron chi connectivity index (χ3n) is 2.17. The number of benzene rings is 1. The van der Waals surface area contributed by atoms with E-state index in [-0.39, 0.29) is 0 Å². The Labute approximate surface area is 113 Å². The zero-order valence-corrected chi connectivity index (χ0v) is 11.4. The van der Waals surface area contributed by atoms with Gasteiger partial charge in [-0.3, -0.25) is 5.21 Å². The standard InChI is InChI=1S/C11H13N3O2S2/c1-14(16)10(15)12-6-7-17-11-13-8-4-2-3-5-9(8)18-11/h2-5,16H,6-7H2,1H3,(H,12,15). The maximum absolute atomic E-state index is 11.0. The molecule has 0 atom stereocenters. The Balaban J connectivity index is 1.82. The lowest BCUT2D eigenvalue weighted by Crippen LogP contribution is -2.36. The van der Waals surface area contributed by atoms with Crippen molar-refractivity contribution in [3.8, 4) is 0 Å². The van der Waals surface area contributed by atoms with Gasteiger partial charge in [-0.1, -0.05) is 23.9 Å². The molecule has 1 aromatic heterocycles. The van der Waals surface area contributed by atoms with Gasteiger partial charge in [0.25, 0.3) is 0 Å². The van der Waals surface area contributed by atoms with Crippen molar-refractivity contribution in [3.05, 3.63) is 24.3 Å². The van der Waals surface area contributed by atoms with E-state index in [1.165, 1.54) is 11.7 Å². The summed E-state index contributed by atoms with van der Waals surface area (Å²) in [7, 11) is 1.29. The molecule has 2 aromatic rings. The number of para-hydroxylation sites is 1. The number of rotatable bonds is 4. The molecule has 0 saturated heterocycles. The lowest BCUT2D eigenvalue weighted by Gasteiger charge is -2.09. The Hall–Kier alpha value is -1.31. The zero-order chi connectivity index (χ0) is 13.0. The zero-order valence-electron chi connectivity index (χ0n) is 9.79. The summed E-state index contributed by atoms with van der Waals surface area (Å²) in [5, 5.41) is 11.9. The molecule has 1 aromatic carbocycles. The summed E-state index contributed by atoms with van der Waals surface area (Å²) in [4.78, 5) is 15.5. The quantitative estimate of drug-likeness (QED) is 0.391. The van der Waals surface area contributed by atoms with Crippen molar-refractivity contribution in [1.29, 1.82) is 0 Å². The number of amides is 2. The molecule has 0 radical (unpaired) electrons. The number of carbonyl (C=O) groups is 1. The summed E-state index contributed by atoms with van der Waals surface area (Å²) in [5.74, 6) is 0.722. The minimum Gasteiger partial charge on any atom is -0.335 e. The van der Waals surface area contributed by atoms with Crippen LogP contribution in [0.4, 0.5) is 4.79 Å². The first-order valence-electron chi connectivity index (χ1n) is 5.35. The van der Waals surface area contributed by atoms with Gasteiger partial charge in [-0.05, 0) is 12.1 Å². The molecular weight excluding hydrogens is 270 g/mol. The van der Waals surface area contributed by atoms with Crippen molar-refractivity contribution in [1.82, 2.24) is 15.4 Å². The predicted molar refractivity (Wildman–Crippen MR) is 73.3 cm³/mol. The number of hydrogen-bond donors (Lipinski definition) is 2. The number of hydroxylamine groups is 2. The summed E-state index contributed by atoms with van der Waals surface area (Å²) < 4.78 is 2.15. The second-order valence-electron chi connectivity index (χ2n) is 3.55. The molecule has 0 aliphatic rings. The van der Waals surface area contributed by atoms with E-state index in [9.17, 15) is 4.79 Å². The summed E-state index contributed by atoms with van der Waals surface area (Å²) in [6, 6.07) is 7.48. The molecule has 2 amide bonds. The molecule has 2 N–H and O–H groups in total. The summed E-state index contributed by atoms with van der Waals surface area (Å²) in [5.41, 5.74) is 1.00. The number of nitrogens with zero attached hydrogens (tertiary/aromatic N) is 2. The monoisotopic (exact) mass is 283 g/mol. The second kappa shape index (κ2) is 6.03. The van der Waals surface area contributed by atoms with Gasteiger partial charge >= 0.3 is 6.03 Å². The van der Waals surface area contributed by atoms with Crippen molar-refractivity contribution < 1.29 is 10.0 Å². The molecule has 5 nitrogen and oxygen atoms in total. The average molecular weight is 283 g/mol. The first kappa shape index (κ1) is 13.1. The molecule has 18 heavy (non-hydrogen) atoms. The Kier molecular flexibility index (Phi) is 4.40. The van der Waals surface area contributed by atoms with Gasteiger partial charge in [0.1, 0.15) is 0 Å². The van der Waals surface area contributed by atoms with Gasteiger partial charge in [-0.2, -0.15) is 0 Å². The number of urea groups is 1. The molecule has 1 heterocycles. The summed E-state index contributed by atoms with van der Waals surface area (Å²) in [6.07, 6.45) is 0. The minimum atomic E-state index is -0.500. The third kappa shape index (κ3) is 3.34. The normalized spacial score (nSPS) is 10.6. The SMILES string of the molecule is CN(O)C(=O)NCCSc1nc2ccccc2s1. The highest BCUT2D eigenvalue weighted by atomic mass is 32.2. The smallest absolute Gasteiger partial charge is 0.335 e. The van der Waals surface area contributed by atoms with Gasteiger partial charge in [0.2, 0.25) is 0 Å². The fourth-order valence-corrected chi connectivity index (χ4v) is 3.32. The molecule has 0 bridgehead atoms. The second-order valence-corrected chi connectivity index (χ2v) is 5.92. The van der Waals surface area contributed by atoms with Crippen LogP contribution in [0.2, 0.25) is 0 Å². The van der Waals surface area contributed by atoms with Crippen LogP contribution in [0.5, 0.6) is 0 Å². The first-order valence-corrected chi connectivity index (χ1v) is 7.16. The Bertz CT molecular complexity index is 509. The van der Waals surface area contributed by atoms with Crippen LogP contribution in [-0.2, 0) is 0 Å². The number of nitrogens with one attached hydrogen (secondary N) is 1. The summed E-state index contributed by atoms with van der Waals surface area (Å²) in [6.45, 7) is 0.490. The Morgan fingerprint density at radius 3 is 3.06 bits per heavy atom. The molecule has 2 rings (SSSR count). The maximum atomic E-state index is 11.0. The highest BCUT2D eigenvalue weighted by Crippen LogP contribution is 2.28. The van der Waals surface area contributed by atoms with Crippen LogP contribution < -0.4 is 5.32 Å². The first-order chi connectivity index (χ1) is 8.66. The molecule has 0 fully saturated rings. The van der Waals surface area contributed by atoms with Gasteiger partial charge in [-0.15, -0.1) is 11.3 Å². The fraction of sp³-hybridized carbons (Fsp3) is 0.273. The fourth-order valence-electron chi connectivity index (χ4n) is 1.32. The van der Waals surface area contributed by atoms with Gasteiger partial charge in [0, 0.05) is 19.3 Å². The number of aromatic nitrogens is 1. The van der Waals surface area contributed by atoms with Gasteiger partial charge in [0.05, 0.1) is 10.2 Å². The number of carbonyl (C=O) groups excluding carboxylic acids is 1. The topological polar surface area (TPSA) is 65.5 Å². The van der Waals surface area contributed by atoms with Crippen molar-refractivity contribution in [2.24, 2.45) is 0 Å². The van der Waals surface area contributed by atoms with Gasteiger partial charge in [-0.25, -0.2) is 14.8 Å². The minimum absolute atomic E-state index is 0.490. The average Bonchev–Trinajstić information content (AvgIpc) is 2.76. The van der Waals surface area contributed by atoms with Crippen molar-refractivity contribution in [3.63, 3.8) is 0 Å². The predicted octanol–water partition coefficient (Wildman–Crippen LogP) is 2.42. The van der Waals surface area contributed by atoms with Crippen LogP contribution in [0.25, 0.3) is 10.2 Å². The van der Waals surface area contributed by atoms with E-state index in [0.29, 0.717) is 11.6 Å². The molecule has 96 valence electrons. The van der Waals surface area contributed by atoms with E-state index >= 15 is 0 Å². The van der Waals surface area contributed by atoms with Crippen LogP contribution in [0.1, 0.15) is 0 Å². The van der Waals surface area contributed by atoms with Crippen LogP contribution in [0, 0.1) is 0 Å².